The molecule has 14 heavy (non-hydrogen) atoms. The van der Waals surface area contributed by atoms with Gasteiger partial charge in [0.1, 0.15) is 12.4 Å². The fourth-order valence-electron chi connectivity index (χ4n) is 1.57. The van der Waals surface area contributed by atoms with Crippen molar-refractivity contribution in [3.05, 3.63) is 23.8 Å². The van der Waals surface area contributed by atoms with Gasteiger partial charge in [-0.05, 0) is 30.2 Å². The Morgan fingerprint density at radius 2 is 2.36 bits per heavy atom. The molecule has 0 spiro atoms. The molecule has 0 amide bonds. The number of rotatable bonds is 1. The van der Waals surface area contributed by atoms with E-state index in [-0.39, 0.29) is 6.61 Å². The highest BCUT2D eigenvalue weighted by molar-refractivity contribution is 5.71. The van der Waals surface area contributed by atoms with E-state index in [4.69, 9.17) is 15.6 Å². The lowest BCUT2D eigenvalue weighted by molar-refractivity contribution is -0.143. The number of nitrogen functional groups attached to an aromatic ring is 1. The molecule has 0 bridgehead atoms. The van der Waals surface area contributed by atoms with Crippen molar-refractivity contribution in [1.82, 2.24) is 0 Å². The lowest BCUT2D eigenvalue weighted by atomic mass is 9.96. The zero-order valence-corrected chi connectivity index (χ0v) is 7.56. The monoisotopic (exact) mass is 193 g/mol. The summed E-state index contributed by atoms with van der Waals surface area (Å²) in [7, 11) is 0. The van der Waals surface area contributed by atoms with E-state index in [1.165, 1.54) is 0 Å². The zero-order valence-electron chi connectivity index (χ0n) is 7.56. The molecule has 0 fully saturated rings. The van der Waals surface area contributed by atoms with Gasteiger partial charge < -0.3 is 15.6 Å². The second kappa shape index (κ2) is 3.21. The minimum atomic E-state index is -0.821. The molecule has 0 aromatic heterocycles. The molecule has 0 aliphatic carbocycles. The largest absolute Gasteiger partial charge is 0.492 e. The number of hydrogen-bond acceptors (Lipinski definition) is 3. The van der Waals surface area contributed by atoms with Gasteiger partial charge in [0.05, 0.1) is 5.92 Å². The van der Waals surface area contributed by atoms with Crippen molar-refractivity contribution in [1.29, 1.82) is 0 Å². The molecule has 1 aliphatic rings. The smallest absolute Gasteiger partial charge is 0.310 e. The SMILES string of the molecule is Nc1ccc2c(c1)C[C@@H](C(=O)O)CO2. The van der Waals surface area contributed by atoms with E-state index >= 15 is 0 Å². The standard InChI is InChI=1S/C10H11NO3/c11-8-1-2-9-6(4-8)3-7(5-14-9)10(12)13/h1-2,4,7H,3,5,11H2,(H,12,13)/t7-/m1/s1. The normalized spacial score (nSPS) is 19.6. The highest BCUT2D eigenvalue weighted by atomic mass is 16.5. The Kier molecular flexibility index (Phi) is 2.04. The molecule has 0 saturated carbocycles. The van der Waals surface area contributed by atoms with Crippen molar-refractivity contribution in [3.8, 4) is 5.75 Å². The lowest BCUT2D eigenvalue weighted by Crippen LogP contribution is -2.27. The summed E-state index contributed by atoms with van der Waals surface area (Å²) in [4.78, 5) is 10.7. The Morgan fingerprint density at radius 3 is 3.07 bits per heavy atom. The highest BCUT2D eigenvalue weighted by Crippen LogP contribution is 2.28. The maximum Gasteiger partial charge on any atom is 0.310 e. The summed E-state index contributed by atoms with van der Waals surface area (Å²) < 4.78 is 5.32. The Bertz CT molecular complexity index is 376. The molecule has 74 valence electrons. The fraction of sp³-hybridized carbons (Fsp3) is 0.300. The fourth-order valence-corrected chi connectivity index (χ4v) is 1.57. The number of benzene rings is 1. The first kappa shape index (κ1) is 8.87. The molecule has 0 radical (unpaired) electrons. The number of aliphatic carboxylic acids is 1. The third-order valence-electron chi connectivity index (χ3n) is 2.34. The van der Waals surface area contributed by atoms with Gasteiger partial charge in [0.25, 0.3) is 0 Å². The molecule has 2 rings (SSSR count). The van der Waals surface area contributed by atoms with Gasteiger partial charge in [0.2, 0.25) is 0 Å². The van der Waals surface area contributed by atoms with Crippen molar-refractivity contribution in [2.45, 2.75) is 6.42 Å². The third kappa shape index (κ3) is 1.51. The summed E-state index contributed by atoms with van der Waals surface area (Å²) in [5.41, 5.74) is 7.12. The van der Waals surface area contributed by atoms with Crippen molar-refractivity contribution >= 4 is 11.7 Å². The molecular formula is C10H11NO3. The van der Waals surface area contributed by atoms with Crippen LogP contribution >= 0.6 is 0 Å². The van der Waals surface area contributed by atoms with Gasteiger partial charge in [-0.25, -0.2) is 0 Å². The van der Waals surface area contributed by atoms with Crippen molar-refractivity contribution in [3.63, 3.8) is 0 Å². The third-order valence-corrected chi connectivity index (χ3v) is 2.34. The average molecular weight is 193 g/mol. The minimum Gasteiger partial charge on any atom is -0.492 e. The van der Waals surface area contributed by atoms with Gasteiger partial charge in [0, 0.05) is 5.69 Å². The Labute approximate surface area is 81.3 Å². The van der Waals surface area contributed by atoms with Crippen molar-refractivity contribution in [2.75, 3.05) is 12.3 Å². The van der Waals surface area contributed by atoms with Gasteiger partial charge in [-0.3, -0.25) is 4.79 Å². The zero-order chi connectivity index (χ0) is 10.1. The number of carboxylic acid groups (broad SMARTS) is 1. The number of nitrogens with two attached hydrogens (primary N) is 1. The molecule has 1 atom stereocenters. The first-order chi connectivity index (χ1) is 6.66. The van der Waals surface area contributed by atoms with Gasteiger partial charge in [-0.15, -0.1) is 0 Å². The molecular weight excluding hydrogens is 182 g/mol. The average Bonchev–Trinajstić information content (AvgIpc) is 2.16. The van der Waals surface area contributed by atoms with Gasteiger partial charge >= 0.3 is 5.97 Å². The molecule has 1 aromatic rings. The van der Waals surface area contributed by atoms with Crippen LogP contribution < -0.4 is 10.5 Å². The van der Waals surface area contributed by atoms with Crippen LogP contribution in [0.25, 0.3) is 0 Å². The molecule has 0 saturated heterocycles. The topological polar surface area (TPSA) is 72.6 Å². The molecule has 1 heterocycles. The Hall–Kier alpha value is -1.71. The first-order valence-electron chi connectivity index (χ1n) is 4.41. The van der Waals surface area contributed by atoms with Gasteiger partial charge in [0.15, 0.2) is 0 Å². The summed E-state index contributed by atoms with van der Waals surface area (Å²) in [6.45, 7) is 0.242. The van der Waals surface area contributed by atoms with Crippen LogP contribution in [0.4, 0.5) is 5.69 Å². The Morgan fingerprint density at radius 1 is 1.57 bits per heavy atom. The summed E-state index contributed by atoms with van der Waals surface area (Å²) in [5, 5.41) is 8.82. The molecule has 4 nitrogen and oxygen atoms in total. The van der Waals surface area contributed by atoms with E-state index in [0.717, 1.165) is 11.3 Å². The van der Waals surface area contributed by atoms with Crippen LogP contribution in [-0.4, -0.2) is 17.7 Å². The number of hydrogen-bond donors (Lipinski definition) is 2. The summed E-state index contributed by atoms with van der Waals surface area (Å²) >= 11 is 0. The second-order valence-electron chi connectivity index (χ2n) is 3.42. The number of fused-ring (bicyclic) bond motifs is 1. The van der Waals surface area contributed by atoms with Crippen LogP contribution in [0.5, 0.6) is 5.75 Å². The Balaban J connectivity index is 2.29. The van der Waals surface area contributed by atoms with Crippen LogP contribution in [0, 0.1) is 5.92 Å². The van der Waals surface area contributed by atoms with Crippen LogP contribution in [0.15, 0.2) is 18.2 Å². The predicted octanol–water partition coefficient (Wildman–Crippen LogP) is 0.905. The summed E-state index contributed by atoms with van der Waals surface area (Å²) in [6, 6.07) is 5.30. The number of anilines is 1. The summed E-state index contributed by atoms with van der Waals surface area (Å²) in [5.74, 6) is -0.529. The first-order valence-corrected chi connectivity index (χ1v) is 4.41. The maximum atomic E-state index is 10.7. The van der Waals surface area contributed by atoms with E-state index in [2.05, 4.69) is 0 Å². The molecule has 3 N–H and O–H groups in total. The van der Waals surface area contributed by atoms with E-state index in [1.807, 2.05) is 0 Å². The maximum absolute atomic E-state index is 10.7. The van der Waals surface area contributed by atoms with E-state index < -0.39 is 11.9 Å². The van der Waals surface area contributed by atoms with Crippen molar-refractivity contribution < 1.29 is 14.6 Å². The van der Waals surface area contributed by atoms with E-state index in [9.17, 15) is 4.79 Å². The van der Waals surface area contributed by atoms with E-state index in [0.29, 0.717) is 12.1 Å². The second-order valence-corrected chi connectivity index (χ2v) is 3.42. The van der Waals surface area contributed by atoms with Gasteiger partial charge in [-0.2, -0.15) is 0 Å². The molecule has 4 heteroatoms. The van der Waals surface area contributed by atoms with Crippen molar-refractivity contribution in [2.24, 2.45) is 5.92 Å². The quantitative estimate of drug-likeness (QED) is 0.650. The van der Waals surface area contributed by atoms with Crippen LogP contribution in [0.1, 0.15) is 5.56 Å². The number of carboxylic acids is 1. The van der Waals surface area contributed by atoms with Crippen LogP contribution in [-0.2, 0) is 11.2 Å². The number of carbonyl (C=O) groups is 1. The molecule has 1 aromatic carbocycles. The van der Waals surface area contributed by atoms with Gasteiger partial charge in [-0.1, -0.05) is 0 Å². The summed E-state index contributed by atoms with van der Waals surface area (Å²) in [6.07, 6.45) is 0.496. The van der Waals surface area contributed by atoms with Crippen LogP contribution in [0.3, 0.4) is 0 Å². The molecule has 0 unspecified atom stereocenters. The minimum absolute atomic E-state index is 0.242. The lowest BCUT2D eigenvalue weighted by Gasteiger charge is -2.22. The van der Waals surface area contributed by atoms with Crippen LogP contribution in [0.2, 0.25) is 0 Å². The predicted molar refractivity (Wildman–Crippen MR) is 51.2 cm³/mol. The molecule has 1 aliphatic heterocycles. The highest BCUT2D eigenvalue weighted by Gasteiger charge is 2.25. The van der Waals surface area contributed by atoms with E-state index in [1.54, 1.807) is 18.2 Å². The number of ether oxygens (including phenoxy) is 1.